The van der Waals surface area contributed by atoms with E-state index < -0.39 is 5.41 Å². The zero-order chi connectivity index (χ0) is 13.6. The van der Waals surface area contributed by atoms with Crippen molar-refractivity contribution in [2.75, 3.05) is 6.54 Å². The minimum Gasteiger partial charge on any atom is -0.355 e. The van der Waals surface area contributed by atoms with Gasteiger partial charge < -0.3 is 5.32 Å². The lowest BCUT2D eigenvalue weighted by Gasteiger charge is -2.22. The highest BCUT2D eigenvalue weighted by molar-refractivity contribution is 6.13. The quantitative estimate of drug-likeness (QED) is 0.477. The fourth-order valence-corrected chi connectivity index (χ4v) is 1.65. The van der Waals surface area contributed by atoms with E-state index >= 15 is 0 Å². The number of rotatable bonds is 6. The fraction of sp³-hybridized carbons (Fsp3) is 0.467. The molecule has 0 aromatic heterocycles. The van der Waals surface area contributed by atoms with E-state index in [1.165, 1.54) is 0 Å². The highest BCUT2D eigenvalue weighted by Gasteiger charge is 2.36. The molecule has 0 atom stereocenters. The van der Waals surface area contributed by atoms with Crippen molar-refractivity contribution in [3.63, 3.8) is 0 Å². The molecular formula is C15H21NO2. The van der Waals surface area contributed by atoms with Gasteiger partial charge in [0.1, 0.15) is 5.41 Å². The number of amides is 1. The number of hydrogen-bond donors (Lipinski definition) is 1. The van der Waals surface area contributed by atoms with Gasteiger partial charge in [-0.15, -0.1) is 0 Å². The summed E-state index contributed by atoms with van der Waals surface area (Å²) in [6.45, 7) is 6.03. The lowest BCUT2D eigenvalue weighted by atomic mass is 9.83. The van der Waals surface area contributed by atoms with Crippen LogP contribution in [0.25, 0.3) is 0 Å². The molecule has 0 bridgehead atoms. The van der Waals surface area contributed by atoms with Gasteiger partial charge in [0.05, 0.1) is 0 Å². The third kappa shape index (κ3) is 3.42. The summed E-state index contributed by atoms with van der Waals surface area (Å²) in [6, 6.07) is 8.94. The van der Waals surface area contributed by atoms with E-state index in [0.29, 0.717) is 12.1 Å². The molecular weight excluding hydrogens is 226 g/mol. The number of Topliss-reactive ketones (excluding diaryl/α,β-unsaturated/α-hetero) is 1. The van der Waals surface area contributed by atoms with Crippen molar-refractivity contribution in [3.8, 4) is 0 Å². The van der Waals surface area contributed by atoms with Gasteiger partial charge in [-0.1, -0.05) is 43.7 Å². The predicted molar refractivity (Wildman–Crippen MR) is 72.5 cm³/mol. The average Bonchev–Trinajstić information content (AvgIpc) is 2.39. The van der Waals surface area contributed by atoms with Gasteiger partial charge >= 0.3 is 0 Å². The van der Waals surface area contributed by atoms with Gasteiger partial charge in [-0.05, 0) is 20.3 Å². The lowest BCUT2D eigenvalue weighted by Crippen LogP contribution is -2.42. The summed E-state index contributed by atoms with van der Waals surface area (Å²) in [5, 5.41) is 2.81. The van der Waals surface area contributed by atoms with Crippen LogP contribution in [0.1, 0.15) is 44.0 Å². The highest BCUT2D eigenvalue weighted by atomic mass is 16.2. The number of carbonyl (C=O) groups is 2. The van der Waals surface area contributed by atoms with Gasteiger partial charge in [0.2, 0.25) is 5.91 Å². The maximum Gasteiger partial charge on any atom is 0.233 e. The molecule has 0 heterocycles. The first-order valence-electron chi connectivity index (χ1n) is 6.38. The maximum absolute atomic E-state index is 12.3. The van der Waals surface area contributed by atoms with E-state index in [1.54, 1.807) is 38.1 Å². The molecule has 3 heteroatoms. The zero-order valence-electron chi connectivity index (χ0n) is 11.3. The Hall–Kier alpha value is -1.64. The molecule has 0 saturated carbocycles. The summed E-state index contributed by atoms with van der Waals surface area (Å²) in [5.74, 6) is -0.345. The van der Waals surface area contributed by atoms with Crippen molar-refractivity contribution < 1.29 is 9.59 Å². The second-order valence-electron chi connectivity index (χ2n) is 4.93. The third-order valence-electron chi connectivity index (χ3n) is 2.99. The van der Waals surface area contributed by atoms with Crippen molar-refractivity contribution in [3.05, 3.63) is 35.9 Å². The molecule has 18 heavy (non-hydrogen) atoms. The SMILES string of the molecule is CCCCNC(=O)C(C)(C)C(=O)c1ccccc1. The molecule has 1 rings (SSSR count). The van der Waals surface area contributed by atoms with Crippen molar-refractivity contribution in [2.45, 2.75) is 33.6 Å². The Morgan fingerprint density at radius 2 is 1.78 bits per heavy atom. The van der Waals surface area contributed by atoms with Gasteiger partial charge in [-0.25, -0.2) is 0 Å². The van der Waals surface area contributed by atoms with E-state index in [4.69, 9.17) is 0 Å². The van der Waals surface area contributed by atoms with Crippen LogP contribution in [0.3, 0.4) is 0 Å². The molecule has 1 N–H and O–H groups in total. The van der Waals surface area contributed by atoms with E-state index in [1.807, 2.05) is 6.07 Å². The molecule has 1 aromatic rings. The first-order valence-corrected chi connectivity index (χ1v) is 6.38. The molecule has 1 amide bonds. The summed E-state index contributed by atoms with van der Waals surface area (Å²) in [4.78, 5) is 24.3. The van der Waals surface area contributed by atoms with E-state index in [2.05, 4.69) is 12.2 Å². The van der Waals surface area contributed by atoms with Crippen LogP contribution in [0.2, 0.25) is 0 Å². The summed E-state index contributed by atoms with van der Waals surface area (Å²) in [7, 11) is 0. The normalized spacial score (nSPS) is 11.1. The second-order valence-corrected chi connectivity index (χ2v) is 4.93. The molecule has 1 aromatic carbocycles. The van der Waals surface area contributed by atoms with Crippen LogP contribution in [-0.2, 0) is 4.79 Å². The minimum atomic E-state index is -1.02. The van der Waals surface area contributed by atoms with Crippen LogP contribution in [-0.4, -0.2) is 18.2 Å². The zero-order valence-corrected chi connectivity index (χ0v) is 11.3. The number of carbonyl (C=O) groups excluding carboxylic acids is 2. The van der Waals surface area contributed by atoms with Crippen molar-refractivity contribution in [2.24, 2.45) is 5.41 Å². The number of nitrogens with one attached hydrogen (secondary N) is 1. The molecule has 0 aliphatic carbocycles. The number of hydrogen-bond acceptors (Lipinski definition) is 2. The Bertz CT molecular complexity index is 410. The van der Waals surface area contributed by atoms with Crippen molar-refractivity contribution in [1.82, 2.24) is 5.32 Å². The van der Waals surface area contributed by atoms with Crippen molar-refractivity contribution in [1.29, 1.82) is 0 Å². The van der Waals surface area contributed by atoms with E-state index in [-0.39, 0.29) is 11.7 Å². The van der Waals surface area contributed by atoms with Crippen molar-refractivity contribution >= 4 is 11.7 Å². The smallest absolute Gasteiger partial charge is 0.233 e. The molecule has 0 aliphatic heterocycles. The van der Waals surface area contributed by atoms with E-state index in [0.717, 1.165) is 12.8 Å². The third-order valence-corrected chi connectivity index (χ3v) is 2.99. The minimum absolute atomic E-state index is 0.142. The highest BCUT2D eigenvalue weighted by Crippen LogP contribution is 2.22. The van der Waals surface area contributed by atoms with Crippen LogP contribution in [0.4, 0.5) is 0 Å². The van der Waals surface area contributed by atoms with Crippen LogP contribution < -0.4 is 5.32 Å². The summed E-state index contributed by atoms with van der Waals surface area (Å²) < 4.78 is 0. The lowest BCUT2D eigenvalue weighted by molar-refractivity contribution is -0.127. The first-order chi connectivity index (χ1) is 8.50. The first kappa shape index (κ1) is 14.4. The summed E-state index contributed by atoms with van der Waals surface area (Å²) in [6.07, 6.45) is 1.95. The Balaban J connectivity index is 2.73. The molecule has 3 nitrogen and oxygen atoms in total. The van der Waals surface area contributed by atoms with E-state index in [9.17, 15) is 9.59 Å². The second kappa shape index (κ2) is 6.34. The Morgan fingerprint density at radius 1 is 1.17 bits per heavy atom. The van der Waals surface area contributed by atoms with Crippen LogP contribution >= 0.6 is 0 Å². The molecule has 0 saturated heterocycles. The van der Waals surface area contributed by atoms with Crippen LogP contribution in [0, 0.1) is 5.41 Å². The topological polar surface area (TPSA) is 46.2 Å². The molecule has 98 valence electrons. The number of ketones is 1. The van der Waals surface area contributed by atoms with Gasteiger partial charge in [0, 0.05) is 12.1 Å². The van der Waals surface area contributed by atoms with Gasteiger partial charge in [0.25, 0.3) is 0 Å². The standard InChI is InChI=1S/C15H21NO2/c1-4-5-11-16-14(18)15(2,3)13(17)12-9-7-6-8-10-12/h6-10H,4-5,11H2,1-3H3,(H,16,18). The monoisotopic (exact) mass is 247 g/mol. The largest absolute Gasteiger partial charge is 0.355 e. The van der Waals surface area contributed by atoms with Crippen LogP contribution in [0.5, 0.6) is 0 Å². The molecule has 0 fully saturated rings. The van der Waals surface area contributed by atoms with Gasteiger partial charge in [-0.3, -0.25) is 9.59 Å². The molecule has 0 unspecified atom stereocenters. The fourth-order valence-electron chi connectivity index (χ4n) is 1.65. The average molecular weight is 247 g/mol. The predicted octanol–water partition coefficient (Wildman–Crippen LogP) is 2.81. The maximum atomic E-state index is 12.3. The Morgan fingerprint density at radius 3 is 2.33 bits per heavy atom. The van der Waals surface area contributed by atoms with Crippen LogP contribution in [0.15, 0.2) is 30.3 Å². The molecule has 0 aliphatic rings. The number of unbranched alkanes of at least 4 members (excludes halogenated alkanes) is 1. The molecule has 0 spiro atoms. The van der Waals surface area contributed by atoms with Gasteiger partial charge in [-0.2, -0.15) is 0 Å². The number of benzene rings is 1. The van der Waals surface area contributed by atoms with Gasteiger partial charge in [0.15, 0.2) is 5.78 Å². The summed E-state index contributed by atoms with van der Waals surface area (Å²) in [5.41, 5.74) is -0.442. The molecule has 0 radical (unpaired) electrons. The Kier molecular flexibility index (Phi) is 5.08. The Labute approximate surface area is 109 Å². The summed E-state index contributed by atoms with van der Waals surface area (Å²) >= 11 is 0.